The lowest BCUT2D eigenvalue weighted by Crippen LogP contribution is -2.27. The average molecular weight is 291 g/mol. The smallest absolute Gasteiger partial charge is 0.282 e. The quantitative estimate of drug-likeness (QED) is 0.693. The summed E-state index contributed by atoms with van der Waals surface area (Å²) in [4.78, 5) is 26.7. The topological polar surface area (TPSA) is 85.1 Å². The van der Waals surface area contributed by atoms with Crippen molar-refractivity contribution in [1.29, 1.82) is 0 Å². The van der Waals surface area contributed by atoms with Gasteiger partial charge in [-0.15, -0.1) is 11.3 Å². The van der Waals surface area contributed by atoms with E-state index < -0.39 is 10.8 Å². The molecule has 0 aliphatic heterocycles. The number of nitrogens with one attached hydrogen (secondary N) is 1. The van der Waals surface area contributed by atoms with Crippen LogP contribution in [0.4, 0.5) is 5.69 Å². The number of hydrogen-bond donors (Lipinski definition) is 1. The van der Waals surface area contributed by atoms with Gasteiger partial charge >= 0.3 is 0 Å². The van der Waals surface area contributed by atoms with Crippen LogP contribution in [0.5, 0.6) is 0 Å². The van der Waals surface area contributed by atoms with Gasteiger partial charge in [-0.1, -0.05) is 12.1 Å². The fourth-order valence-corrected chi connectivity index (χ4v) is 2.46. The molecule has 104 valence electrons. The molecule has 0 spiro atoms. The molecule has 0 saturated carbocycles. The Labute approximate surface area is 119 Å². The Hall–Kier alpha value is -2.28. The Bertz CT molecular complexity index is 654. The van der Waals surface area contributed by atoms with Gasteiger partial charge in [-0.05, 0) is 19.9 Å². The van der Waals surface area contributed by atoms with Crippen LogP contribution in [-0.4, -0.2) is 15.8 Å². The minimum Gasteiger partial charge on any atom is -0.344 e. The van der Waals surface area contributed by atoms with E-state index in [0.29, 0.717) is 0 Å². The molecule has 0 aliphatic rings. The second-order valence-corrected chi connectivity index (χ2v) is 5.32. The van der Waals surface area contributed by atoms with Crippen LogP contribution in [0.25, 0.3) is 0 Å². The average Bonchev–Trinajstić information content (AvgIpc) is 2.85. The summed E-state index contributed by atoms with van der Waals surface area (Å²) in [6.45, 7) is 3.67. The molecule has 1 atom stereocenters. The number of aromatic nitrogens is 1. The van der Waals surface area contributed by atoms with Crippen molar-refractivity contribution in [2.75, 3.05) is 0 Å². The monoisotopic (exact) mass is 291 g/mol. The first kappa shape index (κ1) is 14.1. The van der Waals surface area contributed by atoms with Gasteiger partial charge in [0.1, 0.15) is 5.56 Å². The maximum atomic E-state index is 12.1. The number of rotatable bonds is 4. The Morgan fingerprint density at radius 3 is 2.75 bits per heavy atom. The van der Waals surface area contributed by atoms with Crippen LogP contribution in [0.1, 0.15) is 34.0 Å². The molecule has 1 N–H and O–H groups in total. The van der Waals surface area contributed by atoms with E-state index in [9.17, 15) is 14.9 Å². The zero-order valence-electron chi connectivity index (χ0n) is 11.0. The van der Waals surface area contributed by atoms with E-state index in [-0.39, 0.29) is 17.3 Å². The van der Waals surface area contributed by atoms with Crippen LogP contribution in [-0.2, 0) is 0 Å². The molecule has 0 aliphatic carbocycles. The van der Waals surface area contributed by atoms with Crippen LogP contribution < -0.4 is 5.32 Å². The molecule has 1 unspecified atom stereocenters. The number of hydrogen-bond acceptors (Lipinski definition) is 5. The number of benzene rings is 1. The number of nitro benzene ring substituents is 1. The van der Waals surface area contributed by atoms with Gasteiger partial charge in [-0.2, -0.15) is 0 Å². The highest BCUT2D eigenvalue weighted by Crippen LogP contribution is 2.20. The van der Waals surface area contributed by atoms with Crippen LogP contribution >= 0.6 is 11.3 Å². The Kier molecular flexibility index (Phi) is 4.09. The summed E-state index contributed by atoms with van der Waals surface area (Å²) < 4.78 is 0. The van der Waals surface area contributed by atoms with Crippen LogP contribution in [0.15, 0.2) is 29.6 Å². The van der Waals surface area contributed by atoms with Crippen LogP contribution in [0.3, 0.4) is 0 Å². The highest BCUT2D eigenvalue weighted by Gasteiger charge is 2.21. The molecule has 0 radical (unpaired) electrons. The minimum absolute atomic E-state index is 0.0521. The predicted molar refractivity (Wildman–Crippen MR) is 75.8 cm³/mol. The van der Waals surface area contributed by atoms with Gasteiger partial charge in [0.15, 0.2) is 0 Å². The van der Waals surface area contributed by atoms with Crippen molar-refractivity contribution >= 4 is 22.9 Å². The van der Waals surface area contributed by atoms with E-state index in [1.807, 2.05) is 12.3 Å². The number of nitrogens with zero attached hydrogens (tertiary/aromatic N) is 2. The highest BCUT2D eigenvalue weighted by molar-refractivity contribution is 7.09. The Morgan fingerprint density at radius 2 is 2.15 bits per heavy atom. The summed E-state index contributed by atoms with van der Waals surface area (Å²) in [6.07, 6.45) is 0. The van der Waals surface area contributed by atoms with Crippen molar-refractivity contribution in [2.24, 2.45) is 0 Å². The summed E-state index contributed by atoms with van der Waals surface area (Å²) in [6, 6.07) is 5.58. The van der Waals surface area contributed by atoms with Gasteiger partial charge in [0.2, 0.25) is 0 Å². The number of aryl methyl sites for hydroxylation is 1. The number of nitro groups is 1. The maximum Gasteiger partial charge on any atom is 0.282 e. The summed E-state index contributed by atoms with van der Waals surface area (Å²) in [5.74, 6) is -0.476. The van der Waals surface area contributed by atoms with E-state index in [0.717, 1.165) is 10.7 Å². The maximum absolute atomic E-state index is 12.1. The third kappa shape index (κ3) is 3.00. The van der Waals surface area contributed by atoms with Gasteiger partial charge in [-0.25, -0.2) is 4.98 Å². The first-order valence-corrected chi connectivity index (χ1v) is 6.83. The predicted octanol–water partition coefficient (Wildman–Crippen LogP) is 2.85. The van der Waals surface area contributed by atoms with Gasteiger partial charge in [0, 0.05) is 11.4 Å². The van der Waals surface area contributed by atoms with Crippen molar-refractivity contribution in [3.05, 3.63) is 56.0 Å². The number of amides is 1. The molecule has 7 heteroatoms. The lowest BCUT2D eigenvalue weighted by molar-refractivity contribution is -0.385. The van der Waals surface area contributed by atoms with E-state index in [2.05, 4.69) is 10.3 Å². The molecule has 0 saturated heterocycles. The van der Waals surface area contributed by atoms with E-state index in [1.165, 1.54) is 29.5 Å². The van der Waals surface area contributed by atoms with Crippen molar-refractivity contribution in [3.63, 3.8) is 0 Å². The first-order chi connectivity index (χ1) is 9.49. The standard InChI is InChI=1S/C13H13N3O3S/c1-8(11-7-20-9(2)15-11)14-13(17)10-5-3-4-6-12(10)16(18)19/h3-8H,1-2H3,(H,14,17). The lowest BCUT2D eigenvalue weighted by Gasteiger charge is -2.11. The molecule has 2 rings (SSSR count). The van der Waals surface area contributed by atoms with Gasteiger partial charge in [0.25, 0.3) is 11.6 Å². The summed E-state index contributed by atoms with van der Waals surface area (Å²) in [7, 11) is 0. The Morgan fingerprint density at radius 1 is 1.45 bits per heavy atom. The van der Waals surface area contributed by atoms with Crippen LogP contribution in [0, 0.1) is 17.0 Å². The summed E-state index contributed by atoms with van der Waals surface area (Å²) >= 11 is 1.49. The van der Waals surface area contributed by atoms with Gasteiger partial charge in [0.05, 0.1) is 21.7 Å². The van der Waals surface area contributed by atoms with Gasteiger partial charge in [-0.3, -0.25) is 14.9 Å². The summed E-state index contributed by atoms with van der Waals surface area (Å²) in [5, 5.41) is 16.4. The molecular formula is C13H13N3O3S. The molecule has 0 fully saturated rings. The first-order valence-electron chi connectivity index (χ1n) is 5.95. The third-order valence-corrected chi connectivity index (χ3v) is 3.57. The van der Waals surface area contributed by atoms with Gasteiger partial charge < -0.3 is 5.32 Å². The summed E-state index contributed by atoms with van der Waals surface area (Å²) in [5.41, 5.74) is 0.599. The molecule has 2 aromatic rings. The number of carbonyl (C=O) groups is 1. The SMILES string of the molecule is Cc1nc(C(C)NC(=O)c2ccccc2[N+](=O)[O-])cs1. The number of carbonyl (C=O) groups excluding carboxylic acids is 1. The molecule has 0 bridgehead atoms. The molecular weight excluding hydrogens is 278 g/mol. The minimum atomic E-state index is -0.563. The third-order valence-electron chi connectivity index (χ3n) is 2.77. The zero-order chi connectivity index (χ0) is 14.7. The number of para-hydroxylation sites is 1. The molecule has 1 aromatic heterocycles. The highest BCUT2D eigenvalue weighted by atomic mass is 32.1. The number of thiazole rings is 1. The largest absolute Gasteiger partial charge is 0.344 e. The fourth-order valence-electron chi connectivity index (χ4n) is 1.75. The van der Waals surface area contributed by atoms with Crippen molar-refractivity contribution in [2.45, 2.75) is 19.9 Å². The second kappa shape index (κ2) is 5.79. The lowest BCUT2D eigenvalue weighted by atomic mass is 10.1. The van der Waals surface area contributed by atoms with E-state index in [1.54, 1.807) is 13.0 Å². The molecule has 20 heavy (non-hydrogen) atoms. The molecule has 1 heterocycles. The zero-order valence-corrected chi connectivity index (χ0v) is 11.8. The van der Waals surface area contributed by atoms with Crippen LogP contribution in [0.2, 0.25) is 0 Å². The van der Waals surface area contributed by atoms with E-state index >= 15 is 0 Å². The van der Waals surface area contributed by atoms with Crippen molar-refractivity contribution in [1.82, 2.24) is 10.3 Å². The second-order valence-electron chi connectivity index (χ2n) is 4.26. The molecule has 1 aromatic carbocycles. The fraction of sp³-hybridized carbons (Fsp3) is 0.231. The Balaban J connectivity index is 2.18. The van der Waals surface area contributed by atoms with Crippen molar-refractivity contribution in [3.8, 4) is 0 Å². The molecule has 6 nitrogen and oxygen atoms in total. The van der Waals surface area contributed by atoms with Crippen molar-refractivity contribution < 1.29 is 9.72 Å². The normalized spacial score (nSPS) is 11.9. The molecule has 1 amide bonds. The van der Waals surface area contributed by atoms with E-state index in [4.69, 9.17) is 0 Å².